The largest absolute Gasteiger partial charge is 0.719 e. The first kappa shape index (κ1) is 186. The Kier molecular flexibility index (Phi) is 147. The molecule has 0 amide bonds. The molecule has 0 unspecified atom stereocenters. The van der Waals surface area contributed by atoms with Gasteiger partial charge in [-0.15, -0.1) is 0 Å². The lowest BCUT2D eigenvalue weighted by Crippen LogP contribution is -2.47. The zero-order chi connectivity index (χ0) is 123. The number of hydrogen-bond donors (Lipinski definition) is 0. The quantitative estimate of drug-likeness (QED) is 0.0179. The van der Waals surface area contributed by atoms with E-state index >= 15 is 0 Å². The van der Waals surface area contributed by atoms with E-state index in [2.05, 4.69) is 437 Å². The van der Waals surface area contributed by atoms with Crippen molar-refractivity contribution in [3.8, 4) is 0 Å². The molecule has 0 spiro atoms. The maximum atomic E-state index is 9.43. The molecule has 0 radical (unpaired) electrons. The fourth-order valence-corrected chi connectivity index (χ4v) is 16.9. The summed E-state index contributed by atoms with van der Waals surface area (Å²) in [7, 11) is 0. The van der Waals surface area contributed by atoms with Crippen LogP contribution in [0.2, 0.25) is 0 Å². The summed E-state index contributed by atoms with van der Waals surface area (Å²) in [4.78, 5) is 112. The minimum Gasteiger partial charge on any atom is -0.719 e. The fraction of sp³-hybridized carbons (Fsp3) is 0.889. The highest BCUT2D eigenvalue weighted by molar-refractivity contribution is 7.77. The Balaban J connectivity index is -0.0000000769. The normalized spacial score (nSPS) is 10.7. The summed E-state index contributed by atoms with van der Waals surface area (Å²) in [6, 6.07) is 0. The molecule has 0 saturated carbocycles. The van der Waals surface area contributed by atoms with Gasteiger partial charge in [-0.1, -0.05) is 0 Å². The molecule has 42 heteroatoms. The minimum absolute atomic E-state index is 1.28. The molecule has 0 heterocycles. The van der Waals surface area contributed by atoms with Crippen LogP contribution in [0.5, 0.6) is 0 Å². The molecular formula is C108H240N12O24S6. The summed E-state index contributed by atoms with van der Waals surface area (Å²) in [5, 5.41) is 47.4. The molecule has 0 bridgehead atoms. The van der Waals surface area contributed by atoms with Crippen molar-refractivity contribution in [2.24, 2.45) is 0 Å². The van der Waals surface area contributed by atoms with Crippen molar-refractivity contribution in [2.75, 3.05) is 314 Å². The minimum atomic E-state index is -1.92. The molecule has 0 fully saturated rings. The molecule has 0 aromatic heterocycles. The van der Waals surface area contributed by atoms with E-state index < -0.39 is 68.7 Å². The molecule has 0 saturated heterocycles. The highest BCUT2D eigenvalue weighted by atomic mass is 32.1. The summed E-state index contributed by atoms with van der Waals surface area (Å²) < 4.78 is 34.7. The van der Waals surface area contributed by atoms with Crippen LogP contribution < -0.4 is 30.6 Å². The number of ether oxygens (including phenoxy) is 6. The molecule has 150 heavy (non-hydrogen) atoms. The number of rotatable bonds is 48. The van der Waals surface area contributed by atoms with E-state index in [1.165, 1.54) is 368 Å². The second-order valence-electron chi connectivity index (χ2n) is 34.9. The third-order valence-electron chi connectivity index (χ3n) is 33.2. The average molecular weight is 2280 g/mol. The molecule has 0 aromatic carbocycles. The van der Waals surface area contributed by atoms with Gasteiger partial charge in [-0.25, -0.2) is 0 Å². The van der Waals surface area contributed by atoms with Crippen LogP contribution in [0.4, 0.5) is 57.5 Å². The lowest BCUT2D eigenvalue weighted by atomic mass is 10.3. The van der Waals surface area contributed by atoms with Gasteiger partial charge in [0.15, 0.2) is 0 Å². The molecular weight excluding hydrogens is 2040 g/mol. The van der Waals surface area contributed by atoms with Gasteiger partial charge in [-0.2, -0.15) is 0 Å². The van der Waals surface area contributed by atoms with Crippen LogP contribution in [-0.2, 0) is 104 Å². The third kappa shape index (κ3) is 108. The van der Waals surface area contributed by atoms with E-state index in [0.29, 0.717) is 0 Å². The van der Waals surface area contributed by atoms with Crippen LogP contribution in [0.15, 0.2) is 0 Å². The van der Waals surface area contributed by atoms with Crippen molar-refractivity contribution in [2.45, 2.75) is 332 Å². The maximum absolute atomic E-state index is 9.43. The molecule has 0 rings (SSSR count). The van der Waals surface area contributed by atoms with Gasteiger partial charge in [-0.3, -0.25) is 0 Å². The second-order valence-corrected chi connectivity index (χ2v) is 36.9. The van der Waals surface area contributed by atoms with E-state index in [-0.39, 0.29) is 0 Å². The summed E-state index contributed by atoms with van der Waals surface area (Å²) in [6.45, 7) is 171. The van der Waals surface area contributed by atoms with Crippen molar-refractivity contribution >= 4 is 145 Å². The predicted octanol–water partition coefficient (Wildman–Crippen LogP) is 16.7. The average Bonchev–Trinajstić information content (AvgIpc) is 0.977. The van der Waals surface area contributed by atoms with Gasteiger partial charge in [0, 0.05) is 0 Å². The number of nitrogens with zero attached hydrogens (tertiary/aromatic N) is 12. The van der Waals surface area contributed by atoms with Gasteiger partial charge >= 0.3 is 0 Å². The Morgan fingerprint density at radius 3 is 0.147 bits per heavy atom. The van der Waals surface area contributed by atoms with E-state index in [1.54, 1.807) is 0 Å². The molecule has 0 aliphatic heterocycles. The van der Waals surface area contributed by atoms with Gasteiger partial charge in [-0.05, 0) is 332 Å². The molecule has 0 aliphatic carbocycles. The zero-order valence-electron chi connectivity index (χ0n) is 106. The Hall–Kier alpha value is -5.52. The van der Waals surface area contributed by atoms with Crippen LogP contribution >= 0.6 is 0 Å². The van der Waals surface area contributed by atoms with E-state index in [0.717, 1.165) is 0 Å². The summed E-state index contributed by atoms with van der Waals surface area (Å²) in [6.07, 6.45) is -11.5. The monoisotopic (exact) mass is 2280 g/mol. The third-order valence-corrected chi connectivity index (χ3v) is 33.7. The fourth-order valence-electron chi connectivity index (χ4n) is 16.5. The van der Waals surface area contributed by atoms with E-state index in [1.807, 2.05) is 0 Å². The molecule has 0 aliphatic rings. The van der Waals surface area contributed by atoms with Crippen LogP contribution in [-0.4, -0.2) is 437 Å². The van der Waals surface area contributed by atoms with Crippen molar-refractivity contribution in [1.29, 1.82) is 0 Å². The predicted molar refractivity (Wildman–Crippen MR) is 625 cm³/mol. The molecule has 0 aromatic rings. The summed E-state index contributed by atoms with van der Waals surface area (Å²) >= 11 is 22.0. The Bertz CT molecular complexity index is 2170. The van der Waals surface area contributed by atoms with Crippen LogP contribution in [0.25, 0.3) is 0 Å². The summed E-state index contributed by atoms with van der Waals surface area (Å²) in [5.74, 6) is 0. The van der Waals surface area contributed by atoms with Gasteiger partial charge in [0.05, 0.1) is 314 Å². The highest BCUT2D eigenvalue weighted by Crippen LogP contribution is 2.12. The maximum Gasteiger partial charge on any atom is 0.257 e. The SMILES string of the molecule is CC[N+](CC)(CC)CC.CC[N+](CC)(CC)CC.CC[N+](CC)(CC)CC.CC[N+](CC)(CC)CC.CC[N+](CC)(CC)CC.CC[N+](CC)(CC)CC.CC[N+](CC)(CC)CC.CC[N+](CC)(CC)CC.CC[N+](CC)(CC)CC.CC[N+](CC)(CC)CC.CC[N+](CC)(CC)CC.CC[N+](CC)(CC)CC.O=C([O-])OC(=O)[S-].O=C([O-])OC(=O)[S-].O=C([O-])OC(=O)[S-].O=C([O-])OC(=O)[S-].O=C([O-])OC(=O)[S-].O=C([O-])OC(=O)[S-]. The van der Waals surface area contributed by atoms with Gasteiger partial charge in [0.2, 0.25) is 0 Å². The molecule has 0 N–H and O–H groups in total. The topological polar surface area (TPSA) is 399 Å². The molecule has 0 atom stereocenters. The van der Waals surface area contributed by atoms with Crippen molar-refractivity contribution in [1.82, 2.24) is 0 Å². The highest BCUT2D eigenvalue weighted by Gasteiger charge is 2.25. The molecule has 36 nitrogen and oxygen atoms in total. The van der Waals surface area contributed by atoms with Crippen LogP contribution in [0, 0.1) is 0 Å². The number of quaternary nitrogens is 12. The number of carboxylic acid groups (broad SMARTS) is 6. The Labute approximate surface area is 955 Å². The van der Waals surface area contributed by atoms with E-state index in [9.17, 15) is 88.2 Å². The Morgan fingerprint density at radius 1 is 0.113 bits per heavy atom. The first-order valence-electron chi connectivity index (χ1n) is 56.5. The lowest BCUT2D eigenvalue weighted by molar-refractivity contribution is -0.921. The second kappa shape index (κ2) is 119. The number of carbonyl (C=O) groups excluding carboxylic acids is 12. The smallest absolute Gasteiger partial charge is 0.257 e. The standard InChI is InChI=1S/12C8H20N.6C2H2O4S/c12*1-5-9(6-2,7-3)8-4;6*3-1(4)6-2(5)7/h12*5-8H2,1-4H3;6*(H,3,4)(H,5,7)/q12*+1;;;;;;/p-12. The van der Waals surface area contributed by atoms with Gasteiger partial charge < -0.3 is 246 Å². The van der Waals surface area contributed by atoms with Crippen LogP contribution in [0.1, 0.15) is 332 Å². The van der Waals surface area contributed by atoms with Crippen molar-refractivity contribution < 1.29 is 170 Å². The number of hydrogen-bond acceptors (Lipinski definition) is 30. The lowest BCUT2D eigenvalue weighted by Gasteiger charge is -2.34. The zero-order valence-corrected chi connectivity index (χ0v) is 110. The van der Waals surface area contributed by atoms with Gasteiger partial charge in [0.25, 0.3) is 36.9 Å². The van der Waals surface area contributed by atoms with Gasteiger partial charge in [0.1, 0.15) is 31.8 Å². The first-order valence-corrected chi connectivity index (χ1v) is 58.9. The van der Waals surface area contributed by atoms with Crippen molar-refractivity contribution in [3.05, 3.63) is 0 Å². The summed E-state index contributed by atoms with van der Waals surface area (Å²) in [5.41, 5.74) is 0. The van der Waals surface area contributed by atoms with Crippen molar-refractivity contribution in [3.63, 3.8) is 0 Å². The molecule has 912 valence electrons. The van der Waals surface area contributed by atoms with Crippen LogP contribution in [0.3, 0.4) is 0 Å². The number of carbonyl (C=O) groups is 12. The van der Waals surface area contributed by atoms with E-state index in [4.69, 9.17) is 0 Å². The Morgan fingerprint density at radius 2 is 0.147 bits per heavy atom. The first-order chi connectivity index (χ1) is 69.7.